The lowest BCUT2D eigenvalue weighted by atomic mass is 10.1. The third-order valence-corrected chi connectivity index (χ3v) is 5.66. The fourth-order valence-electron chi connectivity index (χ4n) is 2.87. The van der Waals surface area contributed by atoms with Crippen molar-refractivity contribution < 1.29 is 9.47 Å². The van der Waals surface area contributed by atoms with Crippen LogP contribution in [0.5, 0.6) is 11.5 Å². The van der Waals surface area contributed by atoms with Gasteiger partial charge < -0.3 is 9.47 Å². The summed E-state index contributed by atoms with van der Waals surface area (Å²) in [5.41, 5.74) is 8.18. The van der Waals surface area contributed by atoms with Crippen LogP contribution < -0.4 is 9.47 Å². The quantitative estimate of drug-likeness (QED) is 0.276. The van der Waals surface area contributed by atoms with Crippen molar-refractivity contribution in [3.63, 3.8) is 0 Å². The summed E-state index contributed by atoms with van der Waals surface area (Å²) in [5, 5.41) is 0. The Morgan fingerprint density at radius 3 is 1.42 bits per heavy atom. The molecule has 0 saturated heterocycles. The van der Waals surface area contributed by atoms with E-state index in [9.17, 15) is 0 Å². The number of hydrogen-bond donors (Lipinski definition) is 0. The number of rotatable bonds is 4. The first-order valence-electron chi connectivity index (χ1n) is 11.2. The van der Waals surface area contributed by atoms with Crippen LogP contribution in [0.1, 0.15) is 11.4 Å². The zero-order valence-corrected chi connectivity index (χ0v) is 22.1. The van der Waals surface area contributed by atoms with E-state index in [4.69, 9.17) is 15.9 Å². The molecule has 0 fully saturated rings. The molecule has 2 aromatic carbocycles. The number of methoxy groups -OCH3 is 2. The van der Waals surface area contributed by atoms with Gasteiger partial charge in [-0.2, -0.15) is 0 Å². The van der Waals surface area contributed by atoms with Crippen LogP contribution in [0.4, 0.5) is 0 Å². The molecule has 36 heavy (non-hydrogen) atoms. The molecule has 0 N–H and O–H groups in total. The third kappa shape index (κ3) is 7.80. The second-order valence-electron chi connectivity index (χ2n) is 8.68. The number of aromatic nitrogens is 4. The molecule has 0 aliphatic carbocycles. The van der Waals surface area contributed by atoms with Gasteiger partial charge in [-0.15, -0.1) is 12.0 Å². The molecule has 0 unspecified atom stereocenters. The number of benzene rings is 2. The number of ether oxygens (including phenoxy) is 2. The molecule has 0 radical (unpaired) electrons. The molecule has 4 aromatic rings. The second-order valence-corrected chi connectivity index (χ2v) is 13.4. The van der Waals surface area contributed by atoms with Crippen LogP contribution >= 0.6 is 0 Å². The van der Waals surface area contributed by atoms with Gasteiger partial charge in [0, 0.05) is 11.1 Å². The van der Waals surface area contributed by atoms with Crippen LogP contribution in [-0.2, 0) is 0 Å². The van der Waals surface area contributed by atoms with Crippen molar-refractivity contribution in [1.82, 2.24) is 19.9 Å². The Bertz CT molecular complexity index is 1360. The highest BCUT2D eigenvalue weighted by molar-refractivity contribution is 6.83. The molecule has 0 bridgehead atoms. The Labute approximate surface area is 213 Å². The van der Waals surface area contributed by atoms with E-state index >= 15 is 0 Å². The summed E-state index contributed by atoms with van der Waals surface area (Å²) in [6.07, 6.45) is 11.9. The summed E-state index contributed by atoms with van der Waals surface area (Å²) >= 11 is 0. The van der Waals surface area contributed by atoms with E-state index < -0.39 is 8.07 Å². The Balaban J connectivity index is 0.000000205. The average Bonchev–Trinajstić information content (AvgIpc) is 2.92. The van der Waals surface area contributed by atoms with Crippen LogP contribution in [0.2, 0.25) is 19.6 Å². The Morgan fingerprint density at radius 1 is 0.639 bits per heavy atom. The standard InChI is InChI=1S/C16H18N2OSi.C13H10N2O/c1-19-15-7-5-13(6-8-15)16-12-17-14(11-18-16)9-10-20(2,3)4;1-3-11-8-15-13(9-14-11)10-4-6-12(16-2)7-5-10/h5-8,11-12H,1-4H3;1,4-9H,2H3. The average molecular weight is 493 g/mol. The van der Waals surface area contributed by atoms with E-state index in [0.717, 1.165) is 39.7 Å². The second kappa shape index (κ2) is 12.3. The largest absolute Gasteiger partial charge is 0.497 e. The minimum absolute atomic E-state index is 0.539. The molecule has 2 heterocycles. The van der Waals surface area contributed by atoms with E-state index in [1.807, 2.05) is 48.5 Å². The molecule has 0 saturated carbocycles. The molecule has 0 aliphatic heterocycles. The van der Waals surface area contributed by atoms with Crippen LogP contribution in [-0.4, -0.2) is 42.2 Å². The van der Waals surface area contributed by atoms with Crippen molar-refractivity contribution in [3.8, 4) is 57.8 Å². The topological polar surface area (TPSA) is 70.0 Å². The van der Waals surface area contributed by atoms with Crippen molar-refractivity contribution in [2.24, 2.45) is 0 Å². The lowest BCUT2D eigenvalue weighted by Crippen LogP contribution is -2.16. The van der Waals surface area contributed by atoms with E-state index in [0.29, 0.717) is 5.69 Å². The molecule has 4 rings (SSSR count). The lowest BCUT2D eigenvalue weighted by molar-refractivity contribution is 0.415. The molecule has 180 valence electrons. The van der Waals surface area contributed by atoms with E-state index in [1.165, 1.54) is 0 Å². The monoisotopic (exact) mass is 492 g/mol. The maximum atomic E-state index is 5.21. The predicted molar refractivity (Wildman–Crippen MR) is 146 cm³/mol. The molecular formula is C29H28N4O2Si. The van der Waals surface area contributed by atoms with Crippen LogP contribution in [0.15, 0.2) is 73.3 Å². The van der Waals surface area contributed by atoms with Gasteiger partial charge >= 0.3 is 0 Å². The van der Waals surface area contributed by atoms with Crippen LogP contribution in [0.3, 0.4) is 0 Å². The number of hydrogen-bond acceptors (Lipinski definition) is 6. The van der Waals surface area contributed by atoms with Crippen molar-refractivity contribution in [2.45, 2.75) is 19.6 Å². The van der Waals surface area contributed by atoms with E-state index in [1.54, 1.807) is 39.0 Å². The Hall–Kier alpha value is -4.46. The van der Waals surface area contributed by atoms with E-state index in [-0.39, 0.29) is 0 Å². The fourth-order valence-corrected chi connectivity index (χ4v) is 3.37. The maximum Gasteiger partial charge on any atom is 0.131 e. The summed E-state index contributed by atoms with van der Waals surface area (Å²) < 4.78 is 10.2. The van der Waals surface area contributed by atoms with Gasteiger partial charge in [0.2, 0.25) is 0 Å². The smallest absolute Gasteiger partial charge is 0.131 e. The molecule has 2 aromatic heterocycles. The highest BCUT2D eigenvalue weighted by atomic mass is 28.3. The Morgan fingerprint density at radius 2 is 1.08 bits per heavy atom. The van der Waals surface area contributed by atoms with Gasteiger partial charge in [0.15, 0.2) is 0 Å². The van der Waals surface area contributed by atoms with Crippen LogP contribution in [0, 0.1) is 23.8 Å². The third-order valence-electron chi connectivity index (χ3n) is 4.79. The SMILES string of the molecule is C#Cc1cnc(-c2ccc(OC)cc2)cn1.COc1ccc(-c2cnc(C#C[Si](C)(C)C)cn2)cc1. The van der Waals surface area contributed by atoms with Crippen molar-refractivity contribution in [2.75, 3.05) is 14.2 Å². The normalized spacial score (nSPS) is 10.1. The van der Waals surface area contributed by atoms with E-state index in [2.05, 4.69) is 57.0 Å². The van der Waals surface area contributed by atoms with Gasteiger partial charge in [0.1, 0.15) is 31.0 Å². The molecule has 6 nitrogen and oxygen atoms in total. The summed E-state index contributed by atoms with van der Waals surface area (Å²) in [4.78, 5) is 17.1. The summed E-state index contributed by atoms with van der Waals surface area (Å²) in [6.45, 7) is 6.62. The molecule has 0 amide bonds. The van der Waals surface area contributed by atoms with Crippen LogP contribution in [0.25, 0.3) is 22.5 Å². The Kier molecular flexibility index (Phi) is 8.93. The summed E-state index contributed by atoms with van der Waals surface area (Å²) in [5.74, 6) is 7.18. The first-order chi connectivity index (χ1) is 17.3. The first kappa shape index (κ1) is 26.1. The van der Waals surface area contributed by atoms with Gasteiger partial charge in [-0.05, 0) is 54.5 Å². The maximum absolute atomic E-state index is 5.21. The van der Waals surface area contributed by atoms with Gasteiger partial charge in [-0.1, -0.05) is 25.6 Å². The molecule has 7 heteroatoms. The van der Waals surface area contributed by atoms with Crippen molar-refractivity contribution in [1.29, 1.82) is 0 Å². The molecular weight excluding hydrogens is 464 g/mol. The highest BCUT2D eigenvalue weighted by Gasteiger charge is 2.08. The van der Waals surface area contributed by atoms with Gasteiger partial charge in [0.05, 0.1) is 50.4 Å². The molecule has 0 spiro atoms. The first-order valence-corrected chi connectivity index (χ1v) is 14.7. The molecule has 0 aliphatic rings. The zero-order valence-electron chi connectivity index (χ0n) is 21.1. The minimum atomic E-state index is -1.37. The number of nitrogens with zero attached hydrogens (tertiary/aromatic N) is 4. The van der Waals surface area contributed by atoms with Gasteiger partial charge in [0.25, 0.3) is 0 Å². The predicted octanol–water partition coefficient (Wildman–Crippen LogP) is 5.51. The van der Waals surface area contributed by atoms with Gasteiger partial charge in [-0.3, -0.25) is 9.97 Å². The van der Waals surface area contributed by atoms with Crippen molar-refractivity contribution in [3.05, 3.63) is 84.7 Å². The fraction of sp³-hybridized carbons (Fsp3) is 0.172. The number of terminal acetylenes is 1. The summed E-state index contributed by atoms with van der Waals surface area (Å²) in [7, 11) is 1.92. The lowest BCUT2D eigenvalue weighted by Gasteiger charge is -2.04. The molecule has 0 atom stereocenters. The minimum Gasteiger partial charge on any atom is -0.497 e. The highest BCUT2D eigenvalue weighted by Crippen LogP contribution is 2.20. The van der Waals surface area contributed by atoms with Gasteiger partial charge in [-0.25, -0.2) is 9.97 Å². The summed E-state index contributed by atoms with van der Waals surface area (Å²) in [6, 6.07) is 15.4. The van der Waals surface area contributed by atoms with Crippen molar-refractivity contribution >= 4 is 8.07 Å². The zero-order chi connectivity index (χ0) is 26.0.